The van der Waals surface area contributed by atoms with Crippen LogP contribution in [-0.4, -0.2) is 44.6 Å². The van der Waals surface area contributed by atoms with Gasteiger partial charge in [0.05, 0.1) is 32.1 Å². The van der Waals surface area contributed by atoms with E-state index in [4.69, 9.17) is 0 Å². The summed E-state index contributed by atoms with van der Waals surface area (Å²) < 4.78 is 32.3. The number of unbranched alkanes of at least 4 members (excludes halogenated alkanes) is 15. The molecular weight excluding hydrogens is 514 g/mol. The molecule has 228 valence electrons. The Bertz CT molecular complexity index is 956. The first-order valence-corrected chi connectivity index (χ1v) is 17.4. The average Bonchev–Trinajstić information content (AvgIpc) is 2.92. The lowest BCUT2D eigenvalue weighted by molar-refractivity contribution is -0.890. The fourth-order valence-electron chi connectivity index (χ4n) is 4.98. The molecule has 0 aromatic heterocycles. The fourth-order valence-corrected chi connectivity index (χ4v) is 5.45. The molecular formula is C35H59NO3S. The molecule has 0 saturated carbocycles. The molecule has 5 heteroatoms. The number of nitrogens with zero attached hydrogens (tertiary/aromatic N) is 1. The minimum Gasteiger partial charge on any atom is -0.744 e. The number of benzene rings is 2. The van der Waals surface area contributed by atoms with Crippen LogP contribution in [0.25, 0.3) is 0 Å². The zero-order chi connectivity index (χ0) is 29.5. The van der Waals surface area contributed by atoms with E-state index < -0.39 is 10.1 Å². The van der Waals surface area contributed by atoms with Crippen molar-refractivity contribution in [2.45, 2.75) is 128 Å². The first kappa shape index (κ1) is 36.3. The zero-order valence-electron chi connectivity index (χ0n) is 26.2. The Morgan fingerprint density at radius 3 is 1.45 bits per heavy atom. The highest BCUT2D eigenvalue weighted by atomic mass is 32.2. The van der Waals surface area contributed by atoms with Gasteiger partial charge in [-0.1, -0.05) is 145 Å². The Hall–Kier alpha value is -1.69. The van der Waals surface area contributed by atoms with Crippen LogP contribution in [-0.2, 0) is 16.5 Å². The first-order valence-electron chi connectivity index (χ1n) is 16.0. The van der Waals surface area contributed by atoms with E-state index in [1.165, 1.54) is 140 Å². The molecule has 0 aliphatic carbocycles. The largest absolute Gasteiger partial charge is 0.744 e. The molecule has 0 amide bonds. The van der Waals surface area contributed by atoms with Crippen molar-refractivity contribution >= 4 is 10.1 Å². The van der Waals surface area contributed by atoms with E-state index in [1.807, 2.05) is 6.92 Å². The Kier molecular flexibility index (Phi) is 20.0. The van der Waals surface area contributed by atoms with E-state index in [1.54, 1.807) is 12.1 Å². The number of aryl methyl sites for hydroxylation is 1. The van der Waals surface area contributed by atoms with Crippen LogP contribution in [0.2, 0.25) is 0 Å². The summed E-state index contributed by atoms with van der Waals surface area (Å²) in [6.07, 6.45) is 24.4. The smallest absolute Gasteiger partial charge is 0.124 e. The lowest BCUT2D eigenvalue weighted by atomic mass is 10.0. The molecule has 0 saturated heterocycles. The third-order valence-electron chi connectivity index (χ3n) is 7.78. The molecule has 0 radical (unpaired) electrons. The number of hydrogen-bond donors (Lipinski definition) is 0. The molecule has 0 unspecified atom stereocenters. The minimum absolute atomic E-state index is 0.178. The topological polar surface area (TPSA) is 57.2 Å². The number of likely N-dealkylation sites (N-methyl/N-ethyl adjacent to an activating group) is 1. The second-order valence-electron chi connectivity index (χ2n) is 12.2. The maximum absolute atomic E-state index is 10.4. The van der Waals surface area contributed by atoms with Gasteiger partial charge in [-0.05, 0) is 37.5 Å². The molecule has 0 heterocycles. The van der Waals surface area contributed by atoms with Crippen molar-refractivity contribution in [1.82, 2.24) is 0 Å². The van der Waals surface area contributed by atoms with Crippen molar-refractivity contribution in [2.24, 2.45) is 0 Å². The summed E-state index contributed by atoms with van der Waals surface area (Å²) in [5, 5.41) is 0. The predicted octanol–water partition coefficient (Wildman–Crippen LogP) is 9.47. The van der Waals surface area contributed by atoms with E-state index in [2.05, 4.69) is 51.4 Å². The molecule has 4 nitrogen and oxygen atoms in total. The summed E-state index contributed by atoms with van der Waals surface area (Å²) in [6, 6.07) is 16.7. The Morgan fingerprint density at radius 2 is 1.02 bits per heavy atom. The normalized spacial score (nSPS) is 11.7. The van der Waals surface area contributed by atoms with E-state index in [0.29, 0.717) is 0 Å². The number of rotatable bonds is 21. The lowest BCUT2D eigenvalue weighted by Crippen LogP contribution is -2.42. The van der Waals surface area contributed by atoms with Crippen molar-refractivity contribution in [3.05, 3.63) is 65.7 Å². The van der Waals surface area contributed by atoms with Gasteiger partial charge < -0.3 is 9.04 Å². The van der Waals surface area contributed by atoms with Gasteiger partial charge in [0.15, 0.2) is 0 Å². The second-order valence-corrected chi connectivity index (χ2v) is 13.6. The van der Waals surface area contributed by atoms with Crippen LogP contribution in [0.15, 0.2) is 59.5 Å². The predicted molar refractivity (Wildman–Crippen MR) is 171 cm³/mol. The lowest BCUT2D eigenvalue weighted by Gasteiger charge is -2.30. The summed E-state index contributed by atoms with van der Waals surface area (Å²) in [7, 11) is 0.524. The molecule has 0 fully saturated rings. The highest BCUT2D eigenvalue weighted by molar-refractivity contribution is 7.85. The van der Waals surface area contributed by atoms with Crippen LogP contribution < -0.4 is 0 Å². The van der Waals surface area contributed by atoms with Gasteiger partial charge in [0.25, 0.3) is 0 Å². The highest BCUT2D eigenvalue weighted by Gasteiger charge is 2.14. The summed E-state index contributed by atoms with van der Waals surface area (Å²) >= 11 is 0. The maximum Gasteiger partial charge on any atom is 0.124 e. The Morgan fingerprint density at radius 1 is 0.600 bits per heavy atom. The minimum atomic E-state index is -4.27. The SMILES string of the molecule is CCCCCCCCCCCCCCCCCC[N+](C)(C)CCc1ccccc1.Cc1ccc(S(=O)(=O)[O-])cc1. The molecule has 0 aliphatic heterocycles. The molecule has 0 N–H and O–H groups in total. The van der Waals surface area contributed by atoms with E-state index in [9.17, 15) is 13.0 Å². The summed E-state index contributed by atoms with van der Waals surface area (Å²) in [4.78, 5) is -0.178. The van der Waals surface area contributed by atoms with Gasteiger partial charge in [-0.3, -0.25) is 0 Å². The van der Waals surface area contributed by atoms with Crippen LogP contribution in [0.4, 0.5) is 0 Å². The molecule has 40 heavy (non-hydrogen) atoms. The van der Waals surface area contributed by atoms with Gasteiger partial charge in [-0.15, -0.1) is 0 Å². The molecule has 2 aromatic carbocycles. The second kappa shape index (κ2) is 22.0. The monoisotopic (exact) mass is 573 g/mol. The first-order chi connectivity index (χ1) is 19.1. The van der Waals surface area contributed by atoms with Crippen LogP contribution in [0, 0.1) is 6.92 Å². The van der Waals surface area contributed by atoms with E-state index in [-0.39, 0.29) is 4.90 Å². The van der Waals surface area contributed by atoms with E-state index >= 15 is 0 Å². The summed E-state index contributed by atoms with van der Waals surface area (Å²) in [6.45, 7) is 6.70. The van der Waals surface area contributed by atoms with Gasteiger partial charge in [0.2, 0.25) is 0 Å². The van der Waals surface area contributed by atoms with Crippen molar-refractivity contribution in [3.63, 3.8) is 0 Å². The summed E-state index contributed by atoms with van der Waals surface area (Å²) in [5.74, 6) is 0. The van der Waals surface area contributed by atoms with Crippen molar-refractivity contribution in [2.75, 3.05) is 27.2 Å². The van der Waals surface area contributed by atoms with Gasteiger partial charge in [0.1, 0.15) is 10.1 Å². The molecule has 0 bridgehead atoms. The zero-order valence-corrected chi connectivity index (χ0v) is 27.0. The van der Waals surface area contributed by atoms with Crippen molar-refractivity contribution in [1.29, 1.82) is 0 Å². The average molecular weight is 574 g/mol. The Labute approximate surface area is 247 Å². The third kappa shape index (κ3) is 20.2. The standard InChI is InChI=1S/C28H52N.C7H8O3S/c1-4-5-6-7-8-9-10-11-12-13-14-15-16-17-18-22-26-29(2,3)27-25-28-23-20-19-21-24-28;1-6-2-4-7(5-3-6)11(8,9)10/h19-21,23-24H,4-18,22,25-27H2,1-3H3;2-5H,1H3,(H,8,9,10)/q+1;/p-1. The molecule has 2 aromatic rings. The van der Waals surface area contributed by atoms with Crippen molar-refractivity contribution in [3.8, 4) is 0 Å². The molecule has 0 aliphatic rings. The van der Waals surface area contributed by atoms with Crippen LogP contribution >= 0.6 is 0 Å². The van der Waals surface area contributed by atoms with Crippen molar-refractivity contribution < 1.29 is 17.5 Å². The van der Waals surface area contributed by atoms with Crippen LogP contribution in [0.1, 0.15) is 121 Å². The molecule has 2 rings (SSSR count). The summed E-state index contributed by atoms with van der Waals surface area (Å²) in [5.41, 5.74) is 2.41. The van der Waals surface area contributed by atoms with Crippen LogP contribution in [0.5, 0.6) is 0 Å². The fraction of sp³-hybridized carbons (Fsp3) is 0.657. The Balaban J connectivity index is 0.000000603. The van der Waals surface area contributed by atoms with Gasteiger partial charge in [-0.25, -0.2) is 8.42 Å². The van der Waals surface area contributed by atoms with Crippen LogP contribution in [0.3, 0.4) is 0 Å². The van der Waals surface area contributed by atoms with Gasteiger partial charge in [-0.2, -0.15) is 0 Å². The van der Waals surface area contributed by atoms with Gasteiger partial charge >= 0.3 is 0 Å². The van der Waals surface area contributed by atoms with E-state index in [0.717, 1.165) is 10.0 Å². The third-order valence-corrected chi connectivity index (χ3v) is 8.62. The maximum atomic E-state index is 10.4. The quantitative estimate of drug-likeness (QED) is 0.0849. The highest BCUT2D eigenvalue weighted by Crippen LogP contribution is 2.14. The van der Waals surface area contributed by atoms with Gasteiger partial charge in [0, 0.05) is 6.42 Å². The number of hydrogen-bond acceptors (Lipinski definition) is 3. The molecule has 0 spiro atoms. The molecule has 0 atom stereocenters. The number of quaternary nitrogens is 1.